The number of nitrogens with zero attached hydrogens (tertiary/aromatic N) is 1. The lowest BCUT2D eigenvalue weighted by atomic mass is 9.79. The van der Waals surface area contributed by atoms with Gasteiger partial charge in [-0.15, -0.1) is 0 Å². The molecule has 187 valence electrons. The van der Waals surface area contributed by atoms with Crippen molar-refractivity contribution in [3.8, 4) is 0 Å². The molecule has 0 aliphatic carbocycles. The number of hydrogen-bond donors (Lipinski definition) is 2. The number of ether oxygens (including phenoxy) is 1. The van der Waals surface area contributed by atoms with Crippen molar-refractivity contribution in [1.29, 1.82) is 0 Å². The first-order chi connectivity index (χ1) is 17.1. The second-order valence-electron chi connectivity index (χ2n) is 8.78. The Kier molecular flexibility index (Phi) is 8.37. The van der Waals surface area contributed by atoms with Gasteiger partial charge in [0.05, 0.1) is 28.6 Å². The number of allylic oxidation sites excluding steroid dienone is 2. The van der Waals surface area contributed by atoms with Crippen LogP contribution < -0.4 is 10.6 Å². The van der Waals surface area contributed by atoms with E-state index < -0.39 is 34.9 Å². The number of carbonyl (C=O) groups is 2. The molecule has 2 aromatic carbocycles. The summed E-state index contributed by atoms with van der Waals surface area (Å²) >= 11 is 0. The summed E-state index contributed by atoms with van der Waals surface area (Å²) in [4.78, 5) is 49.3. The van der Waals surface area contributed by atoms with E-state index in [0.717, 1.165) is 5.56 Å². The summed E-state index contributed by atoms with van der Waals surface area (Å²) in [6, 6.07) is 14.0. The second kappa shape index (κ2) is 11.4. The molecule has 0 spiro atoms. The third kappa shape index (κ3) is 6.04. The quantitative estimate of drug-likeness (QED) is 0.312. The summed E-state index contributed by atoms with van der Waals surface area (Å²) in [7, 11) is 0. The van der Waals surface area contributed by atoms with Gasteiger partial charge in [0.2, 0.25) is 6.29 Å². The molecule has 9 heteroatoms. The van der Waals surface area contributed by atoms with E-state index in [1.165, 1.54) is 18.2 Å². The van der Waals surface area contributed by atoms with Gasteiger partial charge in [-0.1, -0.05) is 42.5 Å². The predicted octanol–water partition coefficient (Wildman–Crippen LogP) is 3.62. The summed E-state index contributed by atoms with van der Waals surface area (Å²) in [6.45, 7) is 6.76. The summed E-state index contributed by atoms with van der Waals surface area (Å²) < 4.78 is 5.45. The van der Waals surface area contributed by atoms with E-state index >= 15 is 0 Å². The molecule has 2 N–H and O–H groups in total. The van der Waals surface area contributed by atoms with Crippen molar-refractivity contribution in [2.24, 2.45) is 0 Å². The minimum Gasteiger partial charge on any atom is -0.460 e. The minimum atomic E-state index is -0.957. The highest BCUT2D eigenvalue weighted by atomic mass is 16.6. The van der Waals surface area contributed by atoms with Crippen LogP contribution in [0.5, 0.6) is 0 Å². The average Bonchev–Trinajstić information content (AvgIpc) is 2.83. The fraction of sp³-hybridized carbons (Fsp3) is 0.296. The highest BCUT2D eigenvalue weighted by Crippen LogP contribution is 2.40. The SMILES string of the molecule is CC1=C(C(=O)N[C@H]([C]=O)Cc2ccccc2)C(c2cccc([N+](=O)[O-])c2)C(C(=O)OC(C)C)=C(C)N1. The molecular weight excluding hydrogens is 462 g/mol. The molecule has 1 amide bonds. The fourth-order valence-electron chi connectivity index (χ4n) is 4.20. The Hall–Kier alpha value is -4.27. The van der Waals surface area contributed by atoms with Crippen LogP contribution in [0.3, 0.4) is 0 Å². The van der Waals surface area contributed by atoms with Crippen LogP contribution in [-0.4, -0.2) is 35.2 Å². The molecule has 3 rings (SSSR count). The van der Waals surface area contributed by atoms with Gasteiger partial charge >= 0.3 is 5.97 Å². The van der Waals surface area contributed by atoms with E-state index in [0.29, 0.717) is 17.0 Å². The highest BCUT2D eigenvalue weighted by molar-refractivity contribution is 6.03. The van der Waals surface area contributed by atoms with Crippen LogP contribution >= 0.6 is 0 Å². The zero-order valence-corrected chi connectivity index (χ0v) is 20.5. The first-order valence-corrected chi connectivity index (χ1v) is 11.5. The molecule has 9 nitrogen and oxygen atoms in total. The Balaban J connectivity index is 2.05. The number of nitro benzene ring substituents is 1. The number of dihydropyridines is 1. The van der Waals surface area contributed by atoms with Crippen LogP contribution in [0.4, 0.5) is 5.69 Å². The van der Waals surface area contributed by atoms with Crippen molar-refractivity contribution in [2.75, 3.05) is 0 Å². The first-order valence-electron chi connectivity index (χ1n) is 11.5. The Morgan fingerprint density at radius 3 is 2.36 bits per heavy atom. The molecule has 0 aromatic heterocycles. The van der Waals surface area contributed by atoms with E-state index in [1.807, 2.05) is 36.6 Å². The van der Waals surface area contributed by atoms with Gasteiger partial charge in [-0.3, -0.25) is 19.7 Å². The number of nitrogens with one attached hydrogen (secondary N) is 2. The van der Waals surface area contributed by atoms with Crippen molar-refractivity contribution in [1.82, 2.24) is 10.6 Å². The summed E-state index contributed by atoms with van der Waals surface area (Å²) in [5.41, 5.74) is 2.27. The Morgan fingerprint density at radius 1 is 1.08 bits per heavy atom. The van der Waals surface area contributed by atoms with E-state index in [-0.39, 0.29) is 23.3 Å². The molecule has 0 saturated heterocycles. The van der Waals surface area contributed by atoms with E-state index in [1.54, 1.807) is 33.8 Å². The van der Waals surface area contributed by atoms with Gasteiger partial charge in [0, 0.05) is 35.5 Å². The Morgan fingerprint density at radius 2 is 1.75 bits per heavy atom. The van der Waals surface area contributed by atoms with Crippen LogP contribution in [0.15, 0.2) is 77.1 Å². The van der Waals surface area contributed by atoms with Crippen LogP contribution in [0.2, 0.25) is 0 Å². The van der Waals surface area contributed by atoms with Gasteiger partial charge < -0.3 is 15.4 Å². The minimum absolute atomic E-state index is 0.158. The lowest BCUT2D eigenvalue weighted by Crippen LogP contribution is -2.42. The lowest BCUT2D eigenvalue weighted by Gasteiger charge is -2.31. The van der Waals surface area contributed by atoms with Gasteiger partial charge in [-0.25, -0.2) is 4.79 Å². The molecule has 0 saturated carbocycles. The van der Waals surface area contributed by atoms with Gasteiger partial charge in [-0.05, 0) is 38.8 Å². The number of benzene rings is 2. The molecule has 2 aromatic rings. The molecule has 0 fully saturated rings. The van der Waals surface area contributed by atoms with Crippen LogP contribution in [0, 0.1) is 10.1 Å². The Bertz CT molecular complexity index is 1230. The number of nitro groups is 1. The predicted molar refractivity (Wildman–Crippen MR) is 133 cm³/mol. The molecule has 1 aliphatic heterocycles. The van der Waals surface area contributed by atoms with Crippen molar-refractivity contribution in [3.05, 3.63) is 98.4 Å². The summed E-state index contributed by atoms with van der Waals surface area (Å²) in [5.74, 6) is -2.20. The zero-order valence-electron chi connectivity index (χ0n) is 20.5. The molecule has 1 aliphatic rings. The van der Waals surface area contributed by atoms with Crippen LogP contribution in [0.25, 0.3) is 0 Å². The number of rotatable bonds is 9. The van der Waals surface area contributed by atoms with Crippen molar-refractivity contribution >= 4 is 23.9 Å². The average molecular weight is 491 g/mol. The third-order valence-corrected chi connectivity index (χ3v) is 5.71. The van der Waals surface area contributed by atoms with Crippen molar-refractivity contribution < 1.29 is 24.0 Å². The molecule has 2 atom stereocenters. The standard InChI is InChI=1S/C27H28N3O6/c1-16(2)36-27(33)24-18(4)28-17(3)23(25(24)20-11-8-12-22(14-20)30(34)35)26(32)29-21(15-31)13-19-9-6-5-7-10-19/h5-12,14,16,21,25,28H,13H2,1-4H3,(H,29,32)/t21-,25?/m0/s1. The number of amides is 1. The van der Waals surface area contributed by atoms with E-state index in [4.69, 9.17) is 4.74 Å². The summed E-state index contributed by atoms with van der Waals surface area (Å²) in [6.07, 6.45) is 1.67. The van der Waals surface area contributed by atoms with E-state index in [2.05, 4.69) is 10.6 Å². The normalized spacial score (nSPS) is 16.3. The maximum Gasteiger partial charge on any atom is 0.337 e. The smallest absolute Gasteiger partial charge is 0.337 e. The summed E-state index contributed by atoms with van der Waals surface area (Å²) in [5, 5.41) is 17.2. The molecule has 1 radical (unpaired) electrons. The second-order valence-corrected chi connectivity index (χ2v) is 8.78. The van der Waals surface area contributed by atoms with Gasteiger partial charge in [0.1, 0.15) is 0 Å². The topological polar surface area (TPSA) is 128 Å². The molecule has 36 heavy (non-hydrogen) atoms. The molecule has 0 bridgehead atoms. The van der Waals surface area contributed by atoms with Crippen LogP contribution in [0.1, 0.15) is 44.7 Å². The van der Waals surface area contributed by atoms with Gasteiger partial charge in [0.25, 0.3) is 11.6 Å². The van der Waals surface area contributed by atoms with Crippen molar-refractivity contribution in [3.63, 3.8) is 0 Å². The van der Waals surface area contributed by atoms with E-state index in [9.17, 15) is 24.5 Å². The molecular formula is C27H28N3O6. The molecule has 1 unspecified atom stereocenters. The third-order valence-electron chi connectivity index (χ3n) is 5.71. The highest BCUT2D eigenvalue weighted by Gasteiger charge is 2.38. The van der Waals surface area contributed by atoms with Crippen LogP contribution in [-0.2, 0) is 25.5 Å². The fourth-order valence-corrected chi connectivity index (χ4v) is 4.20. The maximum atomic E-state index is 13.6. The number of esters is 1. The number of hydrogen-bond acceptors (Lipinski definition) is 7. The monoisotopic (exact) mass is 490 g/mol. The molecule has 1 heterocycles. The van der Waals surface area contributed by atoms with Gasteiger partial charge in [0.15, 0.2) is 0 Å². The van der Waals surface area contributed by atoms with Gasteiger partial charge in [-0.2, -0.15) is 0 Å². The largest absolute Gasteiger partial charge is 0.460 e. The number of non-ortho nitro benzene ring substituents is 1. The maximum absolute atomic E-state index is 13.6. The number of carbonyl (C=O) groups excluding carboxylic acids is 3. The zero-order chi connectivity index (χ0) is 26.4. The first kappa shape index (κ1) is 26.3. The Labute approximate surface area is 209 Å². The van der Waals surface area contributed by atoms with Crippen molar-refractivity contribution in [2.45, 2.75) is 52.2 Å². The lowest BCUT2D eigenvalue weighted by molar-refractivity contribution is -0.384.